The van der Waals surface area contributed by atoms with E-state index in [0.717, 1.165) is 122 Å². The lowest BCUT2D eigenvalue weighted by Crippen LogP contribution is -2.30. The van der Waals surface area contributed by atoms with Crippen LogP contribution in [0.15, 0.2) is 97.2 Å². The van der Waals surface area contributed by atoms with Crippen LogP contribution >= 0.6 is 0 Å². The Balaban J connectivity index is 4.34. The normalized spacial score (nSPS) is 12.9. The number of unbranched alkanes of at least 4 members (excludes halogenated alkanes) is 15. The number of allylic oxidation sites excluding steroid dienone is 16. The molecule has 0 heterocycles. The minimum Gasteiger partial charge on any atom is -0.462 e. The average Bonchev–Trinajstić information content (AvgIpc) is 3.24. The Bertz CT molecular complexity index is 1230. The molecule has 0 aliphatic heterocycles. The van der Waals surface area contributed by atoms with E-state index in [1.54, 1.807) is 0 Å². The molecule has 6 heteroatoms. The van der Waals surface area contributed by atoms with Gasteiger partial charge < -0.3 is 14.2 Å². The quantitative estimate of drug-likeness (QED) is 0.0264. The topological polar surface area (TPSA) is 78.9 Å². The molecule has 0 fully saturated rings. The van der Waals surface area contributed by atoms with Crippen molar-refractivity contribution in [2.45, 2.75) is 213 Å². The maximum Gasteiger partial charge on any atom is 0.306 e. The number of esters is 3. The van der Waals surface area contributed by atoms with Crippen molar-refractivity contribution in [2.75, 3.05) is 13.2 Å². The molecule has 0 saturated carbocycles. The average molecular weight is 833 g/mol. The second-order valence-electron chi connectivity index (χ2n) is 15.6. The summed E-state index contributed by atoms with van der Waals surface area (Å²) in [5.41, 5.74) is 0. The fraction of sp³-hybridized carbons (Fsp3) is 0.648. The highest BCUT2D eigenvalue weighted by Gasteiger charge is 2.19. The molecule has 0 bridgehead atoms. The highest BCUT2D eigenvalue weighted by atomic mass is 16.6. The highest BCUT2D eigenvalue weighted by molar-refractivity contribution is 5.71. The summed E-state index contributed by atoms with van der Waals surface area (Å²) in [7, 11) is 0. The summed E-state index contributed by atoms with van der Waals surface area (Å²) in [6.07, 6.45) is 62.7. The van der Waals surface area contributed by atoms with E-state index >= 15 is 0 Å². The SMILES string of the molecule is CC/C=C\C/C=C\C/C=C\C/C=C\C/C=C\CCCCCC(=O)OCC(COC(=O)CCCCCCCC)OC(=O)CCCCCCCCC/C=C\C/C=C\C/C=C\CC. The lowest BCUT2D eigenvalue weighted by Gasteiger charge is -2.18. The summed E-state index contributed by atoms with van der Waals surface area (Å²) in [5.74, 6) is -0.953. The van der Waals surface area contributed by atoms with E-state index in [2.05, 4.69) is 118 Å². The summed E-state index contributed by atoms with van der Waals surface area (Å²) in [6.45, 7) is 6.30. The molecule has 0 rings (SSSR count). The predicted molar refractivity (Wildman–Crippen MR) is 256 cm³/mol. The summed E-state index contributed by atoms with van der Waals surface area (Å²) < 4.78 is 16.6. The predicted octanol–water partition coefficient (Wildman–Crippen LogP) is 15.8. The van der Waals surface area contributed by atoms with Gasteiger partial charge >= 0.3 is 17.9 Å². The zero-order chi connectivity index (χ0) is 43.7. The molecule has 1 atom stereocenters. The lowest BCUT2D eigenvalue weighted by molar-refractivity contribution is -0.167. The van der Waals surface area contributed by atoms with E-state index in [0.29, 0.717) is 19.3 Å². The van der Waals surface area contributed by atoms with Crippen LogP contribution in [0.4, 0.5) is 0 Å². The second-order valence-corrected chi connectivity index (χ2v) is 15.6. The Kier molecular flexibility index (Phi) is 45.1. The standard InChI is InChI=1S/C54H88O6/c1-4-7-10-13-16-18-20-22-24-26-27-29-30-32-34-36-38-41-44-47-53(56)59-50-51(49-58-52(55)46-43-40-15-12-9-6-3)60-54(57)48-45-42-39-37-35-33-31-28-25-23-21-19-17-14-11-8-5-2/h7-8,10-11,16-19,22-25,27,29,32,34,51H,4-6,9,12-15,20-21,26,28,30-31,33,35-50H2,1-3H3/b10-7-,11-8-,18-16-,19-17-,24-22-,25-23-,29-27-,34-32-. The van der Waals surface area contributed by atoms with Gasteiger partial charge in [0.1, 0.15) is 13.2 Å². The van der Waals surface area contributed by atoms with E-state index in [1.807, 2.05) is 0 Å². The lowest BCUT2D eigenvalue weighted by atomic mass is 10.1. The van der Waals surface area contributed by atoms with Gasteiger partial charge in [0, 0.05) is 19.3 Å². The van der Waals surface area contributed by atoms with Crippen molar-refractivity contribution in [3.63, 3.8) is 0 Å². The van der Waals surface area contributed by atoms with Crippen LogP contribution in [0.2, 0.25) is 0 Å². The van der Waals surface area contributed by atoms with Gasteiger partial charge in [-0.05, 0) is 96.3 Å². The number of hydrogen-bond donors (Lipinski definition) is 0. The van der Waals surface area contributed by atoms with Crippen LogP contribution in [-0.2, 0) is 28.6 Å². The van der Waals surface area contributed by atoms with Crippen molar-refractivity contribution in [1.82, 2.24) is 0 Å². The van der Waals surface area contributed by atoms with Crippen LogP contribution in [0, 0.1) is 0 Å². The first-order valence-electron chi connectivity index (χ1n) is 24.2. The summed E-state index contributed by atoms with van der Waals surface area (Å²) in [5, 5.41) is 0. The van der Waals surface area contributed by atoms with Crippen molar-refractivity contribution in [3.05, 3.63) is 97.2 Å². The summed E-state index contributed by atoms with van der Waals surface area (Å²) >= 11 is 0. The van der Waals surface area contributed by atoms with Gasteiger partial charge in [-0.3, -0.25) is 14.4 Å². The minimum absolute atomic E-state index is 0.0938. The van der Waals surface area contributed by atoms with Crippen LogP contribution in [0.5, 0.6) is 0 Å². The molecule has 0 spiro atoms. The van der Waals surface area contributed by atoms with E-state index in [-0.39, 0.29) is 31.1 Å². The van der Waals surface area contributed by atoms with E-state index < -0.39 is 6.10 Å². The van der Waals surface area contributed by atoms with Gasteiger partial charge in [-0.15, -0.1) is 0 Å². The molecule has 60 heavy (non-hydrogen) atoms. The van der Waals surface area contributed by atoms with Crippen molar-refractivity contribution < 1.29 is 28.6 Å². The van der Waals surface area contributed by atoms with Crippen LogP contribution in [0.3, 0.4) is 0 Å². The third-order valence-corrected chi connectivity index (χ3v) is 9.83. The minimum atomic E-state index is -0.793. The molecule has 0 aromatic carbocycles. The molecule has 0 aromatic heterocycles. The molecule has 0 aliphatic rings. The zero-order valence-electron chi connectivity index (χ0n) is 38.7. The number of ether oxygens (including phenoxy) is 3. The molecular formula is C54H88O6. The van der Waals surface area contributed by atoms with Gasteiger partial charge in [0.05, 0.1) is 0 Å². The van der Waals surface area contributed by atoms with Gasteiger partial charge in [-0.25, -0.2) is 0 Å². The maximum atomic E-state index is 12.7. The largest absolute Gasteiger partial charge is 0.462 e. The van der Waals surface area contributed by atoms with E-state index in [9.17, 15) is 14.4 Å². The number of hydrogen-bond acceptors (Lipinski definition) is 6. The molecular weight excluding hydrogens is 745 g/mol. The molecule has 0 aliphatic carbocycles. The first-order valence-corrected chi connectivity index (χ1v) is 24.2. The van der Waals surface area contributed by atoms with Crippen molar-refractivity contribution in [1.29, 1.82) is 0 Å². The summed E-state index contributed by atoms with van der Waals surface area (Å²) in [6, 6.07) is 0. The first kappa shape index (κ1) is 56.3. The molecule has 0 saturated heterocycles. The zero-order valence-corrected chi connectivity index (χ0v) is 38.7. The molecule has 6 nitrogen and oxygen atoms in total. The van der Waals surface area contributed by atoms with E-state index in [1.165, 1.54) is 44.9 Å². The molecule has 0 amide bonds. The van der Waals surface area contributed by atoms with Crippen molar-refractivity contribution in [2.24, 2.45) is 0 Å². The van der Waals surface area contributed by atoms with Crippen LogP contribution in [0.25, 0.3) is 0 Å². The Morgan fingerprint density at radius 3 is 1.03 bits per heavy atom. The van der Waals surface area contributed by atoms with Crippen LogP contribution in [-0.4, -0.2) is 37.2 Å². The molecule has 0 radical (unpaired) electrons. The molecule has 0 aromatic rings. The smallest absolute Gasteiger partial charge is 0.306 e. The van der Waals surface area contributed by atoms with Crippen molar-refractivity contribution >= 4 is 17.9 Å². The fourth-order valence-electron chi connectivity index (χ4n) is 6.25. The second kappa shape index (κ2) is 48.0. The first-order chi connectivity index (χ1) is 29.5. The Labute approximate surface area is 368 Å². The Hall–Kier alpha value is -3.67. The highest BCUT2D eigenvalue weighted by Crippen LogP contribution is 2.13. The maximum absolute atomic E-state index is 12.7. The third kappa shape index (κ3) is 45.4. The Morgan fingerprint density at radius 2 is 0.650 bits per heavy atom. The van der Waals surface area contributed by atoms with Gasteiger partial charge in [-0.2, -0.15) is 0 Å². The molecule has 340 valence electrons. The number of rotatable bonds is 42. The molecule has 1 unspecified atom stereocenters. The van der Waals surface area contributed by atoms with Gasteiger partial charge in [0.2, 0.25) is 0 Å². The fourth-order valence-corrected chi connectivity index (χ4v) is 6.25. The van der Waals surface area contributed by atoms with Gasteiger partial charge in [-0.1, -0.05) is 189 Å². The Morgan fingerprint density at radius 1 is 0.350 bits per heavy atom. The van der Waals surface area contributed by atoms with Gasteiger partial charge in [0.15, 0.2) is 6.10 Å². The summed E-state index contributed by atoms with van der Waals surface area (Å²) in [4.78, 5) is 37.7. The van der Waals surface area contributed by atoms with Gasteiger partial charge in [0.25, 0.3) is 0 Å². The van der Waals surface area contributed by atoms with E-state index in [4.69, 9.17) is 14.2 Å². The number of carbonyl (C=O) groups is 3. The van der Waals surface area contributed by atoms with Crippen molar-refractivity contribution in [3.8, 4) is 0 Å². The number of carbonyl (C=O) groups excluding carboxylic acids is 3. The molecule has 0 N–H and O–H groups in total. The van der Waals surface area contributed by atoms with Crippen LogP contribution in [0.1, 0.15) is 207 Å². The third-order valence-electron chi connectivity index (χ3n) is 9.83. The monoisotopic (exact) mass is 833 g/mol. The van der Waals surface area contributed by atoms with Crippen LogP contribution < -0.4 is 0 Å².